The molecule has 0 saturated carbocycles. The molecular weight excluding hydrogens is 441 g/mol. The first-order valence-corrected chi connectivity index (χ1v) is 9.22. The molecule has 0 radical (unpaired) electrons. The highest BCUT2D eigenvalue weighted by Gasteiger charge is 2.38. The van der Waals surface area contributed by atoms with Gasteiger partial charge in [0, 0.05) is 25.0 Å². The molecule has 146 valence electrons. The fourth-order valence-electron chi connectivity index (χ4n) is 3.60. The van der Waals surface area contributed by atoms with E-state index in [1.807, 2.05) is 0 Å². The van der Waals surface area contributed by atoms with Crippen LogP contribution in [-0.4, -0.2) is 22.1 Å². The van der Waals surface area contributed by atoms with Crippen LogP contribution in [0.1, 0.15) is 36.9 Å². The summed E-state index contributed by atoms with van der Waals surface area (Å²) in [5.41, 5.74) is 1.47. The number of hydrogen-bond donors (Lipinski definition) is 0. The van der Waals surface area contributed by atoms with E-state index < -0.39 is 30.5 Å². The largest absolute Gasteiger partial charge is 0.454 e. The number of esters is 1. The molecule has 1 aliphatic rings. The molecule has 3 aromatic rings. The number of alkyl halides is 2. The summed E-state index contributed by atoms with van der Waals surface area (Å²) >= 11 is 3.16. The summed E-state index contributed by atoms with van der Waals surface area (Å²) < 4.78 is 51.8. The molecule has 1 aromatic heterocycles. The average Bonchev–Trinajstić information content (AvgIpc) is 3.13. The molecular formula is C19H14BrF3N2O3. The monoisotopic (exact) mass is 454 g/mol. The molecule has 0 unspecified atom stereocenters. The summed E-state index contributed by atoms with van der Waals surface area (Å²) in [6.45, 7) is -1.70. The zero-order valence-corrected chi connectivity index (χ0v) is 16.1. The van der Waals surface area contributed by atoms with E-state index in [4.69, 9.17) is 4.74 Å². The van der Waals surface area contributed by atoms with E-state index in [9.17, 15) is 18.0 Å². The Kier molecular flexibility index (Phi) is 4.78. The lowest BCUT2D eigenvalue weighted by molar-refractivity contribution is -0.146. The third-order valence-corrected chi connectivity index (χ3v) is 5.21. The van der Waals surface area contributed by atoms with E-state index in [1.165, 1.54) is 19.1 Å². The van der Waals surface area contributed by atoms with Gasteiger partial charge in [-0.3, -0.25) is 4.79 Å². The third-order valence-electron chi connectivity index (χ3n) is 4.60. The van der Waals surface area contributed by atoms with Crippen molar-refractivity contribution in [1.29, 1.82) is 0 Å². The number of benzene rings is 2. The normalized spacial score (nSPS) is 18.5. The van der Waals surface area contributed by atoms with E-state index in [-0.39, 0.29) is 10.2 Å². The highest BCUT2D eigenvalue weighted by Crippen LogP contribution is 2.46. The Morgan fingerprint density at radius 3 is 2.79 bits per heavy atom. The highest BCUT2D eigenvalue weighted by molar-refractivity contribution is 9.10. The van der Waals surface area contributed by atoms with Crippen LogP contribution < -0.4 is 4.74 Å². The van der Waals surface area contributed by atoms with Crippen molar-refractivity contribution in [2.45, 2.75) is 32.1 Å². The first kappa shape index (κ1) is 18.8. The topological polar surface area (TPSA) is 53.4 Å². The van der Waals surface area contributed by atoms with Gasteiger partial charge in [0.2, 0.25) is 0 Å². The lowest BCUT2D eigenvalue weighted by Crippen LogP contribution is -2.10. The Morgan fingerprint density at radius 2 is 2.07 bits per heavy atom. The van der Waals surface area contributed by atoms with Crippen LogP contribution in [0, 0.1) is 5.82 Å². The summed E-state index contributed by atoms with van der Waals surface area (Å²) in [4.78, 5) is 16.0. The fraction of sp³-hybridized carbons (Fsp3) is 0.263. The molecule has 2 atom stereocenters. The molecule has 0 fully saturated rings. The minimum Gasteiger partial charge on any atom is -0.454 e. The second-order valence-corrected chi connectivity index (χ2v) is 7.22. The lowest BCUT2D eigenvalue weighted by Gasteiger charge is -2.19. The fourth-order valence-corrected chi connectivity index (χ4v) is 3.93. The number of carbonyl (C=O) groups excluding carboxylic acids is 1. The molecule has 0 spiro atoms. The third kappa shape index (κ3) is 3.23. The smallest absolute Gasteiger partial charge is 0.387 e. The number of halogens is 4. The maximum absolute atomic E-state index is 14.0. The van der Waals surface area contributed by atoms with Gasteiger partial charge in [0.15, 0.2) is 11.9 Å². The highest BCUT2D eigenvalue weighted by atomic mass is 79.9. The van der Waals surface area contributed by atoms with Crippen molar-refractivity contribution >= 4 is 32.9 Å². The van der Waals surface area contributed by atoms with Crippen LogP contribution in [0.25, 0.3) is 11.0 Å². The van der Waals surface area contributed by atoms with Gasteiger partial charge in [-0.1, -0.05) is 18.2 Å². The SMILES string of the molecule is CC(=O)O[C@H]1C[C@@H](c2ccccc2OC(F)F)n2c1nc1cc(F)c(Br)cc12. The molecule has 0 saturated heterocycles. The van der Waals surface area contributed by atoms with E-state index in [2.05, 4.69) is 25.7 Å². The van der Waals surface area contributed by atoms with Crippen LogP contribution in [0.4, 0.5) is 13.2 Å². The quantitative estimate of drug-likeness (QED) is 0.512. The molecule has 4 rings (SSSR count). The molecule has 1 aliphatic heterocycles. The number of ether oxygens (including phenoxy) is 2. The average molecular weight is 455 g/mol. The predicted octanol–water partition coefficient (Wildman–Crippen LogP) is 5.14. The minimum absolute atomic E-state index is 0.0277. The van der Waals surface area contributed by atoms with Crippen LogP contribution in [0.3, 0.4) is 0 Å². The van der Waals surface area contributed by atoms with Crippen molar-refractivity contribution in [3.8, 4) is 5.75 Å². The van der Waals surface area contributed by atoms with Gasteiger partial charge >= 0.3 is 12.6 Å². The number of aromatic nitrogens is 2. The summed E-state index contributed by atoms with van der Waals surface area (Å²) in [6.07, 6.45) is -0.382. The van der Waals surface area contributed by atoms with Gasteiger partial charge in [-0.25, -0.2) is 9.37 Å². The van der Waals surface area contributed by atoms with Gasteiger partial charge in [-0.2, -0.15) is 8.78 Å². The number of hydrogen-bond acceptors (Lipinski definition) is 4. The predicted molar refractivity (Wildman–Crippen MR) is 97.7 cm³/mol. The van der Waals surface area contributed by atoms with Crippen LogP contribution in [-0.2, 0) is 9.53 Å². The van der Waals surface area contributed by atoms with Crippen LogP contribution >= 0.6 is 15.9 Å². The van der Waals surface area contributed by atoms with Crippen molar-refractivity contribution in [2.24, 2.45) is 0 Å². The molecule has 0 bridgehead atoms. The van der Waals surface area contributed by atoms with E-state index >= 15 is 0 Å². The number of imidazole rings is 1. The van der Waals surface area contributed by atoms with Gasteiger partial charge in [-0.05, 0) is 28.1 Å². The second-order valence-electron chi connectivity index (χ2n) is 6.36. The van der Waals surface area contributed by atoms with Gasteiger partial charge in [0.25, 0.3) is 0 Å². The molecule has 28 heavy (non-hydrogen) atoms. The van der Waals surface area contributed by atoms with Gasteiger partial charge < -0.3 is 14.0 Å². The zero-order valence-electron chi connectivity index (χ0n) is 14.5. The maximum atomic E-state index is 14.0. The molecule has 0 N–H and O–H groups in total. The van der Waals surface area contributed by atoms with Crippen molar-refractivity contribution < 1.29 is 27.4 Å². The molecule has 0 amide bonds. The number of carbonyl (C=O) groups is 1. The number of rotatable bonds is 4. The van der Waals surface area contributed by atoms with Crippen molar-refractivity contribution in [2.75, 3.05) is 0 Å². The van der Waals surface area contributed by atoms with Crippen molar-refractivity contribution in [1.82, 2.24) is 9.55 Å². The van der Waals surface area contributed by atoms with Crippen molar-refractivity contribution in [3.63, 3.8) is 0 Å². The lowest BCUT2D eigenvalue weighted by atomic mass is 10.0. The van der Waals surface area contributed by atoms with Crippen molar-refractivity contribution in [3.05, 3.63) is 58.1 Å². The Bertz CT molecular complexity index is 1070. The van der Waals surface area contributed by atoms with Crippen LogP contribution in [0.5, 0.6) is 5.75 Å². The maximum Gasteiger partial charge on any atom is 0.387 e. The molecule has 2 heterocycles. The van der Waals surface area contributed by atoms with Gasteiger partial charge in [-0.15, -0.1) is 0 Å². The zero-order chi connectivity index (χ0) is 20.0. The molecule has 9 heteroatoms. The Morgan fingerprint density at radius 1 is 1.32 bits per heavy atom. The second kappa shape index (κ2) is 7.12. The number of para-hydroxylation sites is 1. The first-order valence-electron chi connectivity index (χ1n) is 8.43. The Hall–Kier alpha value is -2.55. The number of nitrogens with zero attached hydrogens (tertiary/aromatic N) is 2. The van der Waals surface area contributed by atoms with Crippen LogP contribution in [0.2, 0.25) is 0 Å². The summed E-state index contributed by atoms with van der Waals surface area (Å²) in [5.74, 6) is -0.514. The van der Waals surface area contributed by atoms with E-state index in [0.717, 1.165) is 0 Å². The number of fused-ring (bicyclic) bond motifs is 3. The van der Waals surface area contributed by atoms with Crippen LogP contribution in [0.15, 0.2) is 40.9 Å². The minimum atomic E-state index is -2.98. The molecule has 2 aromatic carbocycles. The first-order chi connectivity index (χ1) is 13.3. The summed E-state index contributed by atoms with van der Waals surface area (Å²) in [5, 5.41) is 0. The Balaban J connectivity index is 1.90. The van der Waals surface area contributed by atoms with Gasteiger partial charge in [0.1, 0.15) is 11.6 Å². The molecule has 5 nitrogen and oxygen atoms in total. The van der Waals surface area contributed by atoms with E-state index in [0.29, 0.717) is 28.8 Å². The standard InChI is InChI=1S/C19H14BrF3N2O3/c1-9(26)27-17-8-14(10-4-2-3-5-16(10)28-19(22)23)25-15-6-11(20)12(21)7-13(15)24-18(17)25/h2-7,14,17,19H,8H2,1H3/t14-,17-/m0/s1. The summed E-state index contributed by atoms with van der Waals surface area (Å²) in [7, 11) is 0. The van der Waals surface area contributed by atoms with Gasteiger partial charge in [0.05, 0.1) is 21.5 Å². The Labute approximate surface area is 166 Å². The van der Waals surface area contributed by atoms with E-state index in [1.54, 1.807) is 28.8 Å². The summed E-state index contributed by atoms with van der Waals surface area (Å²) in [6, 6.07) is 8.80. The molecule has 0 aliphatic carbocycles.